The first-order valence-corrected chi connectivity index (χ1v) is 23.8. The number of phenolic OH excluding ortho intramolecular Hbond substituents is 2. The monoisotopic (exact) mass is 1070 g/mol. The molecule has 3 fully saturated rings. The van der Waals surface area contributed by atoms with E-state index in [1.807, 2.05) is 12.1 Å². The molecule has 6 N–H and O–H groups in total. The first kappa shape index (κ1) is 53.2. The van der Waals surface area contributed by atoms with Gasteiger partial charge in [-0.1, -0.05) is 65.7 Å². The van der Waals surface area contributed by atoms with E-state index in [1.54, 1.807) is 21.9 Å². The Morgan fingerprint density at radius 3 is 1.77 bits per heavy atom. The highest BCUT2D eigenvalue weighted by Gasteiger charge is 2.31. The van der Waals surface area contributed by atoms with Crippen molar-refractivity contribution in [2.24, 2.45) is 0 Å². The molecule has 0 saturated carbocycles. The largest absolute Gasteiger partial charge is 0.506 e. The van der Waals surface area contributed by atoms with E-state index in [0.717, 1.165) is 62.8 Å². The number of hydrogen-bond donors (Lipinski definition) is 6. The number of nitrogens with one attached hydrogen (secondary N) is 4. The van der Waals surface area contributed by atoms with Crippen LogP contribution < -0.4 is 31.5 Å². The highest BCUT2D eigenvalue weighted by Crippen LogP contribution is 2.40. The number of morpholine rings is 2. The number of carbonyl (C=O) groups excluding carboxylic acids is 2. The summed E-state index contributed by atoms with van der Waals surface area (Å²) in [5.74, 6) is -3.61. The predicted octanol–water partition coefficient (Wildman–Crippen LogP) is 7.24. The molecule has 9 rings (SSSR count). The number of anilines is 4. The van der Waals surface area contributed by atoms with Gasteiger partial charge >= 0.3 is 6.18 Å². The van der Waals surface area contributed by atoms with Crippen molar-refractivity contribution in [1.29, 1.82) is 0 Å². The first-order valence-electron chi connectivity index (χ1n) is 23.1. The van der Waals surface area contributed by atoms with Gasteiger partial charge in [-0.15, -0.1) is 0 Å². The minimum atomic E-state index is -4.56. The average Bonchev–Trinajstić information content (AvgIpc) is 3.41. The number of piperazine rings is 1. The summed E-state index contributed by atoms with van der Waals surface area (Å²) in [5, 5.41) is 20.7. The van der Waals surface area contributed by atoms with Crippen LogP contribution in [0, 0.1) is 11.6 Å². The number of nitrogens with zero attached hydrogens (tertiary/aromatic N) is 8. The molecular weight excluding hydrogens is 1020 g/mol. The molecule has 4 aromatic carbocycles. The second kappa shape index (κ2) is 23.8. The van der Waals surface area contributed by atoms with Crippen molar-refractivity contribution in [3.8, 4) is 33.8 Å². The Morgan fingerprint density at radius 1 is 0.662 bits per heavy atom. The number of hydrogen-bond acceptors (Lipinski definition) is 16. The first-order chi connectivity index (χ1) is 35.5. The number of phenols is 2. The summed E-state index contributed by atoms with van der Waals surface area (Å²) in [6.45, 7) is 8.71. The number of aromatic hydroxyl groups is 2. The molecule has 25 heteroatoms. The molecule has 0 radical (unpaired) electrons. The summed E-state index contributed by atoms with van der Waals surface area (Å²) in [6.07, 6.45) is -2.57. The smallest absolute Gasteiger partial charge is 0.416 e. The van der Waals surface area contributed by atoms with Crippen LogP contribution in [0.2, 0.25) is 10.0 Å². The molecule has 0 aliphatic carbocycles. The highest BCUT2D eigenvalue weighted by molar-refractivity contribution is 6.35. The Bertz CT molecular complexity index is 2960. The number of hydrazine groups is 2. The van der Waals surface area contributed by atoms with E-state index in [1.165, 1.54) is 29.8 Å². The van der Waals surface area contributed by atoms with Crippen LogP contribution in [-0.4, -0.2) is 138 Å². The molecule has 0 unspecified atom stereocenters. The lowest BCUT2D eigenvalue weighted by Gasteiger charge is -2.32. The van der Waals surface area contributed by atoms with Crippen LogP contribution in [0.5, 0.6) is 11.5 Å². The summed E-state index contributed by atoms with van der Waals surface area (Å²) in [4.78, 5) is 49.6. The minimum Gasteiger partial charge on any atom is -0.506 e. The van der Waals surface area contributed by atoms with E-state index in [4.69, 9.17) is 32.7 Å². The molecule has 0 atom stereocenters. The van der Waals surface area contributed by atoms with Gasteiger partial charge in [0.25, 0.3) is 11.8 Å². The number of likely N-dealkylation sites (N-methyl/N-ethyl adjacent to an activating group) is 1. The van der Waals surface area contributed by atoms with E-state index in [9.17, 15) is 41.8 Å². The quantitative estimate of drug-likeness (QED) is 0.0528. The Kier molecular flexibility index (Phi) is 17.1. The van der Waals surface area contributed by atoms with Crippen molar-refractivity contribution in [3.05, 3.63) is 129 Å². The maximum Gasteiger partial charge on any atom is 0.416 e. The number of amides is 2. The van der Waals surface area contributed by atoms with Gasteiger partial charge in [0.05, 0.1) is 65.6 Å². The van der Waals surface area contributed by atoms with Gasteiger partial charge in [0.1, 0.15) is 11.5 Å². The summed E-state index contributed by atoms with van der Waals surface area (Å²) in [5.41, 5.74) is 11.6. The fraction of sp³-hybridized carbons (Fsp3) is 0.306. The van der Waals surface area contributed by atoms with Gasteiger partial charge in [0.2, 0.25) is 11.9 Å². The highest BCUT2D eigenvalue weighted by atomic mass is 35.5. The predicted molar refractivity (Wildman–Crippen MR) is 267 cm³/mol. The topological polar surface area (TPSA) is 206 Å². The zero-order chi connectivity index (χ0) is 52.5. The van der Waals surface area contributed by atoms with Crippen molar-refractivity contribution in [2.45, 2.75) is 12.7 Å². The lowest BCUT2D eigenvalue weighted by Crippen LogP contribution is -2.43. The fourth-order valence-corrected chi connectivity index (χ4v) is 8.52. The fourth-order valence-electron chi connectivity index (χ4n) is 8.03. The minimum absolute atomic E-state index is 0.00363. The molecule has 3 aliphatic rings. The van der Waals surface area contributed by atoms with Crippen LogP contribution in [0.15, 0.2) is 85.2 Å². The van der Waals surface area contributed by atoms with Crippen LogP contribution in [-0.2, 0) is 22.2 Å². The van der Waals surface area contributed by atoms with E-state index in [0.29, 0.717) is 58.2 Å². The number of alkyl halides is 3. The van der Waals surface area contributed by atoms with Crippen molar-refractivity contribution in [3.63, 3.8) is 0 Å². The molecule has 0 bridgehead atoms. The Balaban J connectivity index is 0.000000198. The molecule has 74 heavy (non-hydrogen) atoms. The van der Waals surface area contributed by atoms with Gasteiger partial charge in [0, 0.05) is 64.5 Å². The third kappa shape index (κ3) is 13.1. The second-order valence-corrected chi connectivity index (χ2v) is 17.9. The number of ether oxygens (including phenoxy) is 2. The van der Waals surface area contributed by atoms with Gasteiger partial charge in [-0.3, -0.25) is 36.2 Å². The number of halogens is 7. The van der Waals surface area contributed by atoms with Gasteiger partial charge < -0.3 is 34.4 Å². The molecule has 3 aliphatic heterocycles. The standard InChI is InChI=1S/C27H31ClFN7O3.C22H18ClF4N5O3/c1-34-6-8-35(9-7-34)17-18-2-4-19(5-3-18)20-14-21(24(37)22(28)15-20)26(38)32-33-27-30-16-23(29)25(31-27)36-10-12-39-13-11-36;23-17-14(12-2-1-3-13(10-12)22(25,26)27)4-5-15(18(17)33)20(34)30-31-21-28-11-16(24)19(29-21)32-6-8-35-9-7-32/h2-5,14-16,37H,6-13,17H2,1H3,(H,32,38)(H,30,31,33);1-5,10-11,33H,6-9H2,(H,30,34)(H,28,29,31). The Morgan fingerprint density at radius 2 is 1.22 bits per heavy atom. The molecule has 390 valence electrons. The van der Waals surface area contributed by atoms with E-state index in [-0.39, 0.29) is 61.6 Å². The van der Waals surface area contributed by atoms with Crippen LogP contribution in [0.25, 0.3) is 22.3 Å². The van der Waals surface area contributed by atoms with Crippen molar-refractivity contribution in [1.82, 2.24) is 40.6 Å². The Hall–Kier alpha value is -7.15. The molecule has 3 saturated heterocycles. The summed E-state index contributed by atoms with van der Waals surface area (Å²) < 4.78 is 78.1. The molecular formula is C49H49Cl2F5N12O6. The van der Waals surface area contributed by atoms with Gasteiger partial charge in [-0.25, -0.2) is 18.7 Å². The molecule has 2 aromatic heterocycles. The molecule has 18 nitrogen and oxygen atoms in total. The Labute approximate surface area is 431 Å². The summed E-state index contributed by atoms with van der Waals surface area (Å²) in [7, 11) is 2.14. The number of benzene rings is 4. The van der Waals surface area contributed by atoms with Gasteiger partial charge in [0.15, 0.2) is 23.3 Å². The maximum atomic E-state index is 14.3. The third-order valence-corrected chi connectivity index (χ3v) is 12.8. The SMILES string of the molecule is CN1CCN(Cc2ccc(-c3cc(Cl)c(O)c(C(=O)NNc4ncc(F)c(N5CCOCC5)n4)c3)cc2)CC1.O=C(NNc1ncc(F)c(N2CCOCC2)n1)c1ccc(-c2cccc(C(F)(F)F)c2)c(Cl)c1O. The number of aromatic nitrogens is 4. The third-order valence-electron chi connectivity index (χ3n) is 12.1. The summed E-state index contributed by atoms with van der Waals surface area (Å²) in [6, 6.07) is 18.2. The number of carbonyl (C=O) groups is 2. The lowest BCUT2D eigenvalue weighted by molar-refractivity contribution is -0.137. The zero-order valence-electron chi connectivity index (χ0n) is 39.5. The second-order valence-electron chi connectivity index (χ2n) is 17.1. The number of rotatable bonds is 12. The molecule has 5 heterocycles. The average molecular weight is 1070 g/mol. The van der Waals surface area contributed by atoms with Crippen LogP contribution >= 0.6 is 23.2 Å². The zero-order valence-corrected chi connectivity index (χ0v) is 41.0. The van der Waals surface area contributed by atoms with Crippen LogP contribution in [0.4, 0.5) is 45.5 Å². The van der Waals surface area contributed by atoms with E-state index in [2.05, 4.69) is 70.6 Å². The molecule has 6 aromatic rings. The van der Waals surface area contributed by atoms with E-state index >= 15 is 0 Å². The lowest BCUT2D eigenvalue weighted by atomic mass is 10.0. The van der Waals surface area contributed by atoms with Crippen molar-refractivity contribution >= 4 is 58.5 Å². The van der Waals surface area contributed by atoms with Crippen LogP contribution in [0.3, 0.4) is 0 Å². The van der Waals surface area contributed by atoms with Crippen molar-refractivity contribution < 1.29 is 51.2 Å². The van der Waals surface area contributed by atoms with Crippen molar-refractivity contribution in [2.75, 3.05) is 106 Å². The van der Waals surface area contributed by atoms with Gasteiger partial charge in [-0.05, 0) is 59.6 Å². The normalized spacial score (nSPS) is 15.5. The summed E-state index contributed by atoms with van der Waals surface area (Å²) >= 11 is 12.5. The van der Waals surface area contributed by atoms with E-state index < -0.39 is 40.9 Å². The van der Waals surface area contributed by atoms with Crippen LogP contribution in [0.1, 0.15) is 31.8 Å². The molecule has 0 spiro atoms. The maximum absolute atomic E-state index is 14.3. The molecule has 2 amide bonds. The van der Waals surface area contributed by atoms with Gasteiger partial charge in [-0.2, -0.15) is 23.1 Å².